The molecule has 320 valence electrons. The molecule has 8 heteroatoms. The molecule has 0 saturated carbocycles. The highest BCUT2D eigenvalue weighted by atomic mass is 31.2. The van der Waals surface area contributed by atoms with Crippen LogP contribution in [0.1, 0.15) is 135 Å². The average molecular weight is 849 g/mol. The summed E-state index contributed by atoms with van der Waals surface area (Å²) in [6.45, 7) is 24.2. The van der Waals surface area contributed by atoms with Gasteiger partial charge < -0.3 is 13.6 Å². The van der Waals surface area contributed by atoms with Crippen LogP contribution in [-0.4, -0.2) is 17.3 Å². The first-order valence-corrected chi connectivity index (χ1v) is 22.8. The van der Waals surface area contributed by atoms with E-state index in [1.807, 2.05) is 59.7 Å². The van der Waals surface area contributed by atoms with Gasteiger partial charge in [-0.15, -0.1) is 0 Å². The summed E-state index contributed by atoms with van der Waals surface area (Å²) in [5.41, 5.74) is 15.9. The number of benzene rings is 6. The van der Waals surface area contributed by atoms with Crippen molar-refractivity contribution in [2.45, 2.75) is 102 Å². The first-order chi connectivity index (χ1) is 29.4. The van der Waals surface area contributed by atoms with Gasteiger partial charge in [-0.1, -0.05) is 39.0 Å². The third-order valence-electron chi connectivity index (χ3n) is 12.1. The Bertz CT molecular complexity index is 2460. The summed E-state index contributed by atoms with van der Waals surface area (Å²) < 4.78 is 32.9. The van der Waals surface area contributed by atoms with Crippen molar-refractivity contribution in [1.29, 1.82) is 0 Å². The molecule has 0 atom stereocenters. The third-order valence-corrected chi connectivity index (χ3v) is 13.4. The molecule has 0 heterocycles. The van der Waals surface area contributed by atoms with Gasteiger partial charge >= 0.3 is 7.82 Å². The summed E-state index contributed by atoms with van der Waals surface area (Å²) in [6.07, 6.45) is 2.45. The van der Waals surface area contributed by atoms with Crippen molar-refractivity contribution in [2.75, 3.05) is 0 Å². The van der Waals surface area contributed by atoms with Crippen molar-refractivity contribution in [2.24, 2.45) is 0 Å². The van der Waals surface area contributed by atoms with E-state index < -0.39 is 7.82 Å². The summed E-state index contributed by atoms with van der Waals surface area (Å²) in [6, 6.07) is 25.3. The first-order valence-electron chi connectivity index (χ1n) is 21.3. The number of rotatable bonds is 15. The molecule has 0 bridgehead atoms. The van der Waals surface area contributed by atoms with E-state index in [0.717, 1.165) is 86.0 Å². The molecule has 62 heavy (non-hydrogen) atoms. The van der Waals surface area contributed by atoms with Gasteiger partial charge in [0.1, 0.15) is 17.2 Å². The maximum atomic E-state index is 14.8. The van der Waals surface area contributed by atoms with E-state index in [0.29, 0.717) is 33.4 Å². The summed E-state index contributed by atoms with van der Waals surface area (Å²) in [4.78, 5) is 41.6. The third kappa shape index (κ3) is 9.10. The largest absolute Gasteiger partial charge is 0.647 e. The molecule has 0 aromatic heterocycles. The Balaban J connectivity index is 1.31. The average Bonchev–Trinajstić information content (AvgIpc) is 3.21. The maximum Gasteiger partial charge on any atom is 0.647 e. The molecule has 0 aliphatic heterocycles. The molecule has 6 aromatic rings. The van der Waals surface area contributed by atoms with Gasteiger partial charge in [0, 0.05) is 33.4 Å². The summed E-state index contributed by atoms with van der Waals surface area (Å²) in [5.74, 6) is 0.0674. The second-order valence-corrected chi connectivity index (χ2v) is 17.8. The zero-order valence-electron chi connectivity index (χ0n) is 38.1. The molecular weight excluding hydrogens is 792 g/mol. The van der Waals surface area contributed by atoms with E-state index in [9.17, 15) is 18.9 Å². The highest BCUT2D eigenvalue weighted by Gasteiger charge is 2.34. The zero-order chi connectivity index (χ0) is 45.2. The molecule has 0 amide bonds. The van der Waals surface area contributed by atoms with Gasteiger partial charge in [-0.2, -0.15) is 4.57 Å². The van der Waals surface area contributed by atoms with Gasteiger partial charge in [-0.05, 0) is 221 Å². The highest BCUT2D eigenvalue weighted by molar-refractivity contribution is 7.49. The molecule has 0 unspecified atom stereocenters. The SMILES string of the molecule is CCc1c(C)cc(C)c(C(=O)c2ccc(OP(=O)(Oc3ccc(C(=O)c4c(C)cc(C)c(CC)c4C)cc3)Oc3ccc(C(=O)c4c(C)cc(C)c(CC)c4C)cc3)cc2)c1C. The van der Waals surface area contributed by atoms with Crippen LogP contribution in [0.15, 0.2) is 91.0 Å². The highest BCUT2D eigenvalue weighted by Crippen LogP contribution is 2.50. The molecule has 0 aliphatic rings. The Morgan fingerprint density at radius 3 is 0.823 bits per heavy atom. The van der Waals surface area contributed by atoms with Gasteiger partial charge in [0.15, 0.2) is 17.3 Å². The molecule has 0 N–H and O–H groups in total. The lowest BCUT2D eigenvalue weighted by Crippen LogP contribution is -2.11. The zero-order valence-corrected chi connectivity index (χ0v) is 39.0. The monoisotopic (exact) mass is 848 g/mol. The molecule has 0 radical (unpaired) electrons. The predicted octanol–water partition coefficient (Wildman–Crippen LogP) is 13.5. The van der Waals surface area contributed by atoms with Gasteiger partial charge in [0.05, 0.1) is 0 Å². The molecule has 7 nitrogen and oxygen atoms in total. The quantitative estimate of drug-likeness (QED) is 0.0750. The number of carbonyl (C=O) groups is 3. The van der Waals surface area contributed by atoms with Gasteiger partial charge in [-0.3, -0.25) is 14.4 Å². The lowest BCUT2D eigenvalue weighted by atomic mass is 9.88. The number of ketones is 3. The molecule has 6 rings (SSSR count). The lowest BCUT2D eigenvalue weighted by molar-refractivity contribution is 0.102. The van der Waals surface area contributed by atoms with Crippen molar-refractivity contribution >= 4 is 25.2 Å². The Kier molecular flexibility index (Phi) is 13.6. The normalized spacial score (nSPS) is 11.4. The Labute approximate surface area is 367 Å². The Hall–Kier alpha value is -6.04. The van der Waals surface area contributed by atoms with Gasteiger partial charge in [-0.25, -0.2) is 0 Å². The van der Waals surface area contributed by atoms with Crippen LogP contribution >= 0.6 is 7.82 Å². The van der Waals surface area contributed by atoms with Crippen LogP contribution in [-0.2, 0) is 23.8 Å². The van der Waals surface area contributed by atoms with Crippen molar-refractivity contribution in [3.63, 3.8) is 0 Å². The van der Waals surface area contributed by atoms with E-state index in [2.05, 4.69) is 41.5 Å². The van der Waals surface area contributed by atoms with Crippen molar-refractivity contribution in [3.05, 3.63) is 191 Å². The molecule has 0 spiro atoms. The standard InChI is InChI=1S/C54H57O7P/c1-13-46-31(4)28-34(7)49(37(46)10)52(55)40-16-22-43(23-17-40)59-62(58,60-44-24-18-41(19-25-44)53(56)50-35(8)29-32(5)47(14-2)38(50)11)61-45-26-20-42(21-27-45)54(57)51-36(9)30-33(6)48(15-3)39(51)12/h16-30H,13-15H2,1-12H3. The second kappa shape index (κ2) is 18.5. The van der Waals surface area contributed by atoms with Crippen LogP contribution in [0.3, 0.4) is 0 Å². The summed E-state index contributed by atoms with van der Waals surface area (Å²) in [7, 11) is -4.53. The van der Waals surface area contributed by atoms with Crippen LogP contribution < -0.4 is 13.6 Å². The summed E-state index contributed by atoms with van der Waals surface area (Å²) >= 11 is 0. The molecule has 0 saturated heterocycles. The van der Waals surface area contributed by atoms with Crippen LogP contribution in [0.5, 0.6) is 17.2 Å². The predicted molar refractivity (Wildman–Crippen MR) is 249 cm³/mol. The second-order valence-electron chi connectivity index (χ2n) is 16.3. The van der Waals surface area contributed by atoms with Crippen LogP contribution in [0.4, 0.5) is 0 Å². The Morgan fingerprint density at radius 2 is 0.613 bits per heavy atom. The number of aryl methyl sites for hydroxylation is 6. The van der Waals surface area contributed by atoms with E-state index in [1.54, 1.807) is 72.8 Å². The minimum absolute atomic E-state index is 0.120. The van der Waals surface area contributed by atoms with E-state index in [1.165, 1.54) is 0 Å². The fraction of sp³-hybridized carbons (Fsp3) is 0.278. The topological polar surface area (TPSA) is 96.0 Å². The van der Waals surface area contributed by atoms with Crippen LogP contribution in [0.25, 0.3) is 0 Å². The maximum absolute atomic E-state index is 14.8. The molecular formula is C54H57O7P. The van der Waals surface area contributed by atoms with Crippen molar-refractivity contribution < 1.29 is 32.5 Å². The van der Waals surface area contributed by atoms with Crippen LogP contribution in [0.2, 0.25) is 0 Å². The number of phosphoric acid groups is 1. The fourth-order valence-electron chi connectivity index (χ4n) is 9.24. The van der Waals surface area contributed by atoms with E-state index in [-0.39, 0.29) is 34.6 Å². The number of hydrogen-bond acceptors (Lipinski definition) is 7. The lowest BCUT2D eigenvalue weighted by Gasteiger charge is -2.20. The van der Waals surface area contributed by atoms with Crippen molar-refractivity contribution in [3.8, 4) is 17.2 Å². The number of hydrogen-bond donors (Lipinski definition) is 0. The Morgan fingerprint density at radius 1 is 0.387 bits per heavy atom. The smallest absolute Gasteiger partial charge is 0.386 e. The number of carbonyl (C=O) groups excluding carboxylic acids is 3. The minimum Gasteiger partial charge on any atom is -0.386 e. The first kappa shape index (κ1) is 45.5. The minimum atomic E-state index is -4.53. The van der Waals surface area contributed by atoms with Gasteiger partial charge in [0.25, 0.3) is 0 Å². The van der Waals surface area contributed by atoms with Gasteiger partial charge in [0.2, 0.25) is 0 Å². The molecule has 0 aliphatic carbocycles. The van der Waals surface area contributed by atoms with E-state index in [4.69, 9.17) is 13.6 Å². The van der Waals surface area contributed by atoms with Crippen LogP contribution in [0, 0.1) is 62.3 Å². The summed E-state index contributed by atoms with van der Waals surface area (Å²) in [5, 5.41) is 0. The fourth-order valence-corrected chi connectivity index (χ4v) is 10.5. The van der Waals surface area contributed by atoms with E-state index >= 15 is 0 Å². The molecule has 0 fully saturated rings. The number of phosphoric ester groups is 1. The molecule has 6 aromatic carbocycles. The van der Waals surface area contributed by atoms with Crippen molar-refractivity contribution in [1.82, 2.24) is 0 Å².